The van der Waals surface area contributed by atoms with E-state index in [1.54, 1.807) is 13.8 Å². The maximum Gasteiger partial charge on any atom is 0.311 e. The molecular formula is C12H15ClN2O5S. The summed E-state index contributed by atoms with van der Waals surface area (Å²) in [7, 11) is -4.30. The minimum atomic E-state index is -4.30. The third-order valence-electron chi connectivity index (χ3n) is 2.31. The summed E-state index contributed by atoms with van der Waals surface area (Å²) in [5.41, 5.74) is 3.43. The molecule has 0 saturated carbocycles. The van der Waals surface area contributed by atoms with Gasteiger partial charge in [0.1, 0.15) is 0 Å². The first-order chi connectivity index (χ1) is 9.74. The average molecular weight is 335 g/mol. The Balaban J connectivity index is 2.78. The minimum absolute atomic E-state index is 0.0293. The van der Waals surface area contributed by atoms with Crippen LogP contribution in [0.15, 0.2) is 28.2 Å². The summed E-state index contributed by atoms with van der Waals surface area (Å²) in [6, 6.07) is 3.63. The van der Waals surface area contributed by atoms with Gasteiger partial charge in [0.05, 0.1) is 28.6 Å². The molecule has 0 aliphatic carbocycles. The van der Waals surface area contributed by atoms with Crippen molar-refractivity contribution in [2.45, 2.75) is 25.2 Å². The van der Waals surface area contributed by atoms with Gasteiger partial charge in [-0.1, -0.05) is 11.6 Å². The van der Waals surface area contributed by atoms with Crippen LogP contribution in [0.3, 0.4) is 0 Å². The zero-order valence-corrected chi connectivity index (χ0v) is 13.0. The van der Waals surface area contributed by atoms with E-state index in [0.717, 1.165) is 6.07 Å². The number of hydrogen-bond donors (Lipinski definition) is 2. The van der Waals surface area contributed by atoms with Crippen LogP contribution in [0.2, 0.25) is 5.02 Å². The van der Waals surface area contributed by atoms with Gasteiger partial charge >= 0.3 is 5.97 Å². The Morgan fingerprint density at radius 2 is 2.14 bits per heavy atom. The summed E-state index contributed by atoms with van der Waals surface area (Å²) >= 11 is 5.88. The van der Waals surface area contributed by atoms with Crippen LogP contribution in [0.1, 0.15) is 20.3 Å². The van der Waals surface area contributed by atoms with Crippen LogP contribution in [-0.4, -0.2) is 31.3 Å². The molecule has 0 aliphatic rings. The van der Waals surface area contributed by atoms with Gasteiger partial charge in [-0.2, -0.15) is 13.5 Å². The molecule has 1 rings (SSSR count). The molecule has 0 unspecified atom stereocenters. The van der Waals surface area contributed by atoms with E-state index in [9.17, 15) is 13.2 Å². The number of hydrogen-bond acceptors (Lipinski definition) is 6. The monoisotopic (exact) mass is 334 g/mol. The van der Waals surface area contributed by atoms with Crippen LogP contribution >= 0.6 is 11.6 Å². The molecule has 0 heterocycles. The van der Waals surface area contributed by atoms with Crippen LogP contribution in [0, 0.1) is 0 Å². The van der Waals surface area contributed by atoms with Gasteiger partial charge in [0.25, 0.3) is 10.1 Å². The third kappa shape index (κ3) is 5.70. The van der Waals surface area contributed by atoms with Crippen molar-refractivity contribution < 1.29 is 22.5 Å². The highest BCUT2D eigenvalue weighted by molar-refractivity contribution is 7.85. The number of esters is 1. The second-order valence-corrected chi connectivity index (χ2v) is 5.89. The van der Waals surface area contributed by atoms with Crippen LogP contribution in [0.25, 0.3) is 0 Å². The number of rotatable bonds is 6. The van der Waals surface area contributed by atoms with Crippen LogP contribution in [0.5, 0.6) is 0 Å². The standard InChI is InChI=1S/C12H15ClN2O5S/c1-3-20-12(16)6-8(2)14-15-11-5-4-9(7-10(11)13)21(17,18)19/h4-5,7,15H,3,6H2,1-2H3,(H,17,18,19)/b14-8-. The first-order valence-electron chi connectivity index (χ1n) is 5.96. The maximum atomic E-state index is 11.2. The highest BCUT2D eigenvalue weighted by atomic mass is 35.5. The number of nitrogens with one attached hydrogen (secondary N) is 1. The van der Waals surface area contributed by atoms with E-state index in [2.05, 4.69) is 10.5 Å². The molecule has 7 nitrogen and oxygen atoms in total. The normalized spacial score (nSPS) is 12.1. The van der Waals surface area contributed by atoms with Gasteiger partial charge in [0.15, 0.2) is 0 Å². The Labute approximate surface area is 127 Å². The topological polar surface area (TPSA) is 105 Å². The highest BCUT2D eigenvalue weighted by Gasteiger charge is 2.12. The minimum Gasteiger partial charge on any atom is -0.466 e. The number of nitrogens with zero attached hydrogens (tertiary/aromatic N) is 1. The van der Waals surface area contributed by atoms with Crippen molar-refractivity contribution in [1.82, 2.24) is 0 Å². The molecule has 2 N–H and O–H groups in total. The van der Waals surface area contributed by atoms with E-state index in [-0.39, 0.29) is 16.3 Å². The predicted octanol–water partition coefficient (Wildman–Crippen LogP) is 2.33. The van der Waals surface area contributed by atoms with Gasteiger partial charge in [-0.15, -0.1) is 0 Å². The molecule has 0 fully saturated rings. The van der Waals surface area contributed by atoms with Crippen molar-refractivity contribution >= 4 is 39.1 Å². The smallest absolute Gasteiger partial charge is 0.311 e. The first-order valence-corrected chi connectivity index (χ1v) is 7.77. The lowest BCUT2D eigenvalue weighted by atomic mass is 10.3. The molecule has 0 spiro atoms. The number of ether oxygens (including phenoxy) is 1. The van der Waals surface area contributed by atoms with E-state index in [4.69, 9.17) is 20.9 Å². The molecule has 9 heteroatoms. The van der Waals surface area contributed by atoms with E-state index in [0.29, 0.717) is 18.0 Å². The van der Waals surface area contributed by atoms with Crippen LogP contribution in [0.4, 0.5) is 5.69 Å². The number of anilines is 1. The Hall–Kier alpha value is -1.64. The fourth-order valence-corrected chi connectivity index (χ4v) is 2.16. The highest BCUT2D eigenvalue weighted by Crippen LogP contribution is 2.25. The van der Waals surface area contributed by atoms with Crippen molar-refractivity contribution in [2.24, 2.45) is 5.10 Å². The predicted molar refractivity (Wildman–Crippen MR) is 79.2 cm³/mol. The Morgan fingerprint density at radius 3 is 2.67 bits per heavy atom. The Morgan fingerprint density at radius 1 is 1.48 bits per heavy atom. The lowest BCUT2D eigenvalue weighted by Gasteiger charge is -2.06. The van der Waals surface area contributed by atoms with E-state index < -0.39 is 16.1 Å². The Bertz CT molecular complexity index is 658. The largest absolute Gasteiger partial charge is 0.466 e. The second kappa shape index (κ2) is 7.39. The summed E-state index contributed by atoms with van der Waals surface area (Å²) in [4.78, 5) is 10.9. The first kappa shape index (κ1) is 17.4. The number of halogens is 1. The van der Waals surface area contributed by atoms with Gasteiger partial charge in [-0.3, -0.25) is 14.8 Å². The van der Waals surface area contributed by atoms with Crippen molar-refractivity contribution in [3.05, 3.63) is 23.2 Å². The summed E-state index contributed by atoms with van der Waals surface area (Å²) < 4.78 is 35.5. The van der Waals surface area contributed by atoms with Gasteiger partial charge in [0.2, 0.25) is 0 Å². The fraction of sp³-hybridized carbons (Fsp3) is 0.333. The van der Waals surface area contributed by atoms with Crippen molar-refractivity contribution in [3.63, 3.8) is 0 Å². The van der Waals surface area contributed by atoms with E-state index >= 15 is 0 Å². The van der Waals surface area contributed by atoms with Crippen molar-refractivity contribution in [3.8, 4) is 0 Å². The van der Waals surface area contributed by atoms with Crippen LogP contribution < -0.4 is 5.43 Å². The summed E-state index contributed by atoms with van der Waals surface area (Å²) in [6.07, 6.45) is 0.0293. The molecule has 116 valence electrons. The summed E-state index contributed by atoms with van der Waals surface area (Å²) in [5.74, 6) is -0.395. The van der Waals surface area contributed by atoms with Crippen LogP contribution in [-0.2, 0) is 19.6 Å². The van der Waals surface area contributed by atoms with Crippen molar-refractivity contribution in [1.29, 1.82) is 0 Å². The maximum absolute atomic E-state index is 11.2. The molecule has 1 aromatic rings. The molecule has 0 saturated heterocycles. The molecule has 1 aromatic carbocycles. The van der Waals surface area contributed by atoms with Gasteiger partial charge in [-0.05, 0) is 32.0 Å². The SMILES string of the molecule is CCOC(=O)C/C(C)=N\Nc1ccc(S(=O)(=O)O)cc1Cl. The van der Waals surface area contributed by atoms with Crippen molar-refractivity contribution in [2.75, 3.05) is 12.0 Å². The molecular weight excluding hydrogens is 320 g/mol. The van der Waals surface area contributed by atoms with Gasteiger partial charge in [-0.25, -0.2) is 0 Å². The lowest BCUT2D eigenvalue weighted by Crippen LogP contribution is -2.10. The molecule has 0 atom stereocenters. The second-order valence-electron chi connectivity index (χ2n) is 4.06. The molecule has 0 aromatic heterocycles. The van der Waals surface area contributed by atoms with E-state index in [1.807, 2.05) is 0 Å². The molecule has 0 amide bonds. The lowest BCUT2D eigenvalue weighted by molar-refractivity contribution is -0.141. The molecule has 0 bridgehead atoms. The zero-order valence-electron chi connectivity index (χ0n) is 11.5. The fourth-order valence-electron chi connectivity index (χ4n) is 1.36. The Kier molecular flexibility index (Phi) is 6.13. The number of benzene rings is 1. The zero-order chi connectivity index (χ0) is 16.0. The molecule has 0 aliphatic heterocycles. The number of hydrazone groups is 1. The molecule has 21 heavy (non-hydrogen) atoms. The van der Waals surface area contributed by atoms with Gasteiger partial charge in [0, 0.05) is 5.71 Å². The quantitative estimate of drug-likeness (QED) is 0.358. The number of carbonyl (C=O) groups is 1. The number of carbonyl (C=O) groups excluding carboxylic acids is 1. The third-order valence-corrected chi connectivity index (χ3v) is 3.47. The summed E-state index contributed by atoms with van der Waals surface area (Å²) in [5, 5.41) is 4.01. The van der Waals surface area contributed by atoms with Gasteiger partial charge < -0.3 is 4.74 Å². The van der Waals surface area contributed by atoms with E-state index in [1.165, 1.54) is 12.1 Å². The molecule has 0 radical (unpaired) electrons. The average Bonchev–Trinajstić information content (AvgIpc) is 2.36. The summed E-state index contributed by atoms with van der Waals surface area (Å²) in [6.45, 7) is 3.63.